The fourth-order valence-electron chi connectivity index (χ4n) is 9.46. The number of anilines is 6. The molecule has 0 bridgehead atoms. The molecule has 4 heteroatoms. The molecule has 0 fully saturated rings. The van der Waals surface area contributed by atoms with Crippen molar-refractivity contribution in [2.24, 2.45) is 0 Å². The summed E-state index contributed by atoms with van der Waals surface area (Å²) >= 11 is 0. The first-order chi connectivity index (χ1) is 29.2. The van der Waals surface area contributed by atoms with E-state index < -0.39 is 0 Å². The summed E-state index contributed by atoms with van der Waals surface area (Å²) in [6.07, 6.45) is 0. The largest absolute Gasteiger partial charge is 0.311 e. The maximum Gasteiger partial charge on any atom is 0.252 e. The van der Waals surface area contributed by atoms with E-state index in [4.69, 9.17) is 4.98 Å². The number of benzene rings is 9. The molecule has 0 radical (unpaired) electrons. The topological polar surface area (TPSA) is 19.4 Å². The summed E-state index contributed by atoms with van der Waals surface area (Å²) in [6.45, 7) is -0.00890. The van der Waals surface area contributed by atoms with Gasteiger partial charge in [0.25, 0.3) is 6.71 Å². The van der Waals surface area contributed by atoms with E-state index in [1.807, 2.05) is 0 Å². The first-order valence-electron chi connectivity index (χ1n) is 20.3. The molecule has 2 aliphatic rings. The van der Waals surface area contributed by atoms with Crippen LogP contribution in [-0.4, -0.2) is 11.7 Å². The van der Waals surface area contributed by atoms with Gasteiger partial charge in [0.2, 0.25) is 0 Å². The van der Waals surface area contributed by atoms with Crippen LogP contribution in [0.15, 0.2) is 218 Å². The van der Waals surface area contributed by atoms with Gasteiger partial charge in [0.1, 0.15) is 0 Å². The van der Waals surface area contributed by atoms with Crippen molar-refractivity contribution in [3.63, 3.8) is 0 Å². The average Bonchev–Trinajstić information content (AvgIpc) is 3.31. The molecule has 0 atom stereocenters. The Hall–Kier alpha value is -7.69. The van der Waals surface area contributed by atoms with Crippen LogP contribution in [0.1, 0.15) is 0 Å². The lowest BCUT2D eigenvalue weighted by molar-refractivity contribution is 1.26. The summed E-state index contributed by atoms with van der Waals surface area (Å²) < 4.78 is 0. The van der Waals surface area contributed by atoms with E-state index in [1.54, 1.807) is 0 Å². The molecule has 0 unspecified atom stereocenters. The van der Waals surface area contributed by atoms with E-state index in [0.29, 0.717) is 0 Å². The zero-order chi connectivity index (χ0) is 38.9. The summed E-state index contributed by atoms with van der Waals surface area (Å²) in [7, 11) is 0. The zero-order valence-corrected chi connectivity index (χ0v) is 32.2. The molecule has 0 aliphatic carbocycles. The monoisotopic (exact) mass is 749 g/mol. The predicted molar refractivity (Wildman–Crippen MR) is 250 cm³/mol. The van der Waals surface area contributed by atoms with Crippen LogP contribution in [0.3, 0.4) is 0 Å². The Morgan fingerprint density at radius 1 is 0.305 bits per heavy atom. The lowest BCUT2D eigenvalue weighted by Crippen LogP contribution is -2.61. The smallest absolute Gasteiger partial charge is 0.252 e. The maximum atomic E-state index is 5.27. The molecule has 3 heterocycles. The third-order valence-corrected chi connectivity index (χ3v) is 12.1. The molecule has 59 heavy (non-hydrogen) atoms. The van der Waals surface area contributed by atoms with Gasteiger partial charge < -0.3 is 9.80 Å². The summed E-state index contributed by atoms with van der Waals surface area (Å²) in [5.41, 5.74) is 17.2. The van der Waals surface area contributed by atoms with E-state index >= 15 is 0 Å². The molecule has 274 valence electrons. The van der Waals surface area contributed by atoms with Crippen molar-refractivity contribution in [1.82, 2.24) is 4.98 Å². The first kappa shape index (κ1) is 33.5. The van der Waals surface area contributed by atoms with Crippen LogP contribution in [-0.2, 0) is 0 Å². The molecular weight excluding hydrogens is 713 g/mol. The van der Waals surface area contributed by atoms with Gasteiger partial charge in [-0.1, -0.05) is 158 Å². The lowest BCUT2D eigenvalue weighted by atomic mass is 9.33. The Morgan fingerprint density at radius 3 is 1.08 bits per heavy atom. The van der Waals surface area contributed by atoms with Crippen LogP contribution in [0.2, 0.25) is 0 Å². The SMILES string of the molecule is c1ccc(-c2cc(-c3cc4c5c(c3)N(c3ccccc3)c3cc6ccccc6cc3B5c3cc5ccccc5cc3N4c3ccccc3)cc(-c3ccccc3)n2)cc1. The van der Waals surface area contributed by atoms with Gasteiger partial charge in [0, 0.05) is 45.3 Å². The van der Waals surface area contributed by atoms with Crippen LogP contribution in [0.5, 0.6) is 0 Å². The van der Waals surface area contributed by atoms with Gasteiger partial charge in [-0.15, -0.1) is 0 Å². The van der Waals surface area contributed by atoms with E-state index in [9.17, 15) is 0 Å². The minimum absolute atomic E-state index is 0.00890. The number of pyridine rings is 1. The van der Waals surface area contributed by atoms with Crippen molar-refractivity contribution in [3.05, 3.63) is 218 Å². The van der Waals surface area contributed by atoms with Gasteiger partial charge in [-0.05, 0) is 110 Å². The van der Waals surface area contributed by atoms with Gasteiger partial charge in [0.15, 0.2) is 0 Å². The van der Waals surface area contributed by atoms with Gasteiger partial charge in [-0.2, -0.15) is 0 Å². The normalized spacial score (nSPS) is 12.6. The fourth-order valence-corrected chi connectivity index (χ4v) is 9.46. The summed E-state index contributed by atoms with van der Waals surface area (Å²) in [5.74, 6) is 0. The molecule has 1 aromatic heterocycles. The van der Waals surface area contributed by atoms with Crippen molar-refractivity contribution in [2.75, 3.05) is 9.80 Å². The second-order valence-corrected chi connectivity index (χ2v) is 15.6. The standard InChI is InChI=1S/C55H36BN3/c1-5-17-37(18-6-1)49-31-43(32-50(57-49)38-19-7-2-8-20-38)44-35-53-55-54(36-44)59(46-27-11-4-12-28-46)52-34-42-24-16-14-22-40(42)30-48(52)56(55)47-29-39-21-13-15-23-41(39)33-51(47)58(53)45-25-9-3-10-26-45/h1-36H. The van der Waals surface area contributed by atoms with Crippen LogP contribution < -0.4 is 26.2 Å². The van der Waals surface area contributed by atoms with Crippen LogP contribution >= 0.6 is 0 Å². The van der Waals surface area contributed by atoms with Crippen LogP contribution in [0.25, 0.3) is 55.2 Å². The number of para-hydroxylation sites is 2. The molecule has 0 saturated heterocycles. The van der Waals surface area contributed by atoms with Crippen molar-refractivity contribution in [2.45, 2.75) is 0 Å². The summed E-state index contributed by atoms with van der Waals surface area (Å²) in [4.78, 5) is 10.3. The molecule has 9 aromatic carbocycles. The van der Waals surface area contributed by atoms with E-state index in [2.05, 4.69) is 228 Å². The lowest BCUT2D eigenvalue weighted by Gasteiger charge is -2.44. The Labute approximate surface area is 344 Å². The zero-order valence-electron chi connectivity index (χ0n) is 32.2. The van der Waals surface area contributed by atoms with E-state index in [-0.39, 0.29) is 6.71 Å². The highest BCUT2D eigenvalue weighted by molar-refractivity contribution is 7.00. The molecule has 0 amide bonds. The average molecular weight is 750 g/mol. The third-order valence-electron chi connectivity index (χ3n) is 12.1. The Morgan fingerprint density at radius 2 is 0.661 bits per heavy atom. The molecule has 12 rings (SSSR count). The molecule has 0 spiro atoms. The molecular formula is C55H36BN3. The van der Waals surface area contributed by atoms with Crippen LogP contribution in [0, 0.1) is 0 Å². The molecule has 3 nitrogen and oxygen atoms in total. The Kier molecular flexibility index (Phi) is 7.64. The highest BCUT2D eigenvalue weighted by Crippen LogP contribution is 2.47. The van der Waals surface area contributed by atoms with Crippen molar-refractivity contribution >= 4 is 78.8 Å². The van der Waals surface area contributed by atoms with Gasteiger partial charge in [-0.25, -0.2) is 4.98 Å². The number of hydrogen-bond donors (Lipinski definition) is 0. The Bertz CT molecular complexity index is 3010. The third kappa shape index (κ3) is 5.49. The molecule has 0 N–H and O–H groups in total. The second-order valence-electron chi connectivity index (χ2n) is 15.6. The van der Waals surface area contributed by atoms with E-state index in [1.165, 1.54) is 60.7 Å². The first-order valence-corrected chi connectivity index (χ1v) is 20.3. The van der Waals surface area contributed by atoms with Crippen molar-refractivity contribution in [3.8, 4) is 33.6 Å². The summed E-state index contributed by atoms with van der Waals surface area (Å²) in [5, 5.41) is 4.93. The minimum atomic E-state index is -0.00890. The van der Waals surface area contributed by atoms with Crippen LogP contribution in [0.4, 0.5) is 34.1 Å². The highest BCUT2D eigenvalue weighted by atomic mass is 15.2. The minimum Gasteiger partial charge on any atom is -0.311 e. The van der Waals surface area contributed by atoms with Gasteiger partial charge >= 0.3 is 0 Å². The fraction of sp³-hybridized carbons (Fsp3) is 0. The van der Waals surface area contributed by atoms with E-state index in [0.717, 1.165) is 45.0 Å². The summed E-state index contributed by atoms with van der Waals surface area (Å²) in [6, 6.07) is 79.6. The number of fused-ring (bicyclic) bond motifs is 6. The maximum absolute atomic E-state index is 5.27. The van der Waals surface area contributed by atoms with Crippen molar-refractivity contribution < 1.29 is 0 Å². The quantitative estimate of drug-likeness (QED) is 0.163. The second kappa shape index (κ2) is 13.5. The number of aromatic nitrogens is 1. The highest BCUT2D eigenvalue weighted by Gasteiger charge is 2.44. The Balaban J connectivity index is 1.22. The molecule has 10 aromatic rings. The predicted octanol–water partition coefficient (Wildman–Crippen LogP) is 12.5. The van der Waals surface area contributed by atoms with Gasteiger partial charge in [-0.3, -0.25) is 0 Å². The number of nitrogens with zero attached hydrogens (tertiary/aromatic N) is 3. The van der Waals surface area contributed by atoms with Crippen molar-refractivity contribution in [1.29, 1.82) is 0 Å². The number of hydrogen-bond acceptors (Lipinski definition) is 3. The van der Waals surface area contributed by atoms with Gasteiger partial charge in [0.05, 0.1) is 11.4 Å². The molecule has 2 aliphatic heterocycles. The molecule has 0 saturated carbocycles. The number of rotatable bonds is 5.